The van der Waals surface area contributed by atoms with E-state index in [1.807, 2.05) is 31.2 Å². The summed E-state index contributed by atoms with van der Waals surface area (Å²) in [6.07, 6.45) is 0. The van der Waals surface area contributed by atoms with Gasteiger partial charge in [-0.3, -0.25) is 0 Å². The van der Waals surface area contributed by atoms with Crippen LogP contribution in [0.5, 0.6) is 0 Å². The van der Waals surface area contributed by atoms with Gasteiger partial charge in [-0.1, -0.05) is 12.1 Å². The van der Waals surface area contributed by atoms with E-state index in [9.17, 15) is 0 Å². The fourth-order valence-electron chi connectivity index (χ4n) is 1.82. The molecule has 1 atom stereocenters. The van der Waals surface area contributed by atoms with Crippen LogP contribution in [0.1, 0.15) is 39.7 Å². The third-order valence-corrected chi connectivity index (χ3v) is 4.24. The van der Waals surface area contributed by atoms with E-state index in [4.69, 9.17) is 5.26 Å². The van der Waals surface area contributed by atoms with Crippen molar-refractivity contribution in [1.29, 1.82) is 5.26 Å². The number of hydrogen-bond donors (Lipinski definition) is 1. The third-order valence-electron chi connectivity index (χ3n) is 3.17. The number of rotatable bonds is 4. The molecule has 1 N–H and O–H groups in total. The molecule has 0 aliphatic rings. The highest BCUT2D eigenvalue weighted by Gasteiger charge is 2.07. The van der Waals surface area contributed by atoms with Crippen LogP contribution in [0.2, 0.25) is 0 Å². The van der Waals surface area contributed by atoms with Gasteiger partial charge in [-0.15, -0.1) is 11.3 Å². The van der Waals surface area contributed by atoms with Crippen molar-refractivity contribution in [2.75, 3.05) is 0 Å². The molecule has 4 heteroatoms. The summed E-state index contributed by atoms with van der Waals surface area (Å²) in [6, 6.07) is 10.1. The summed E-state index contributed by atoms with van der Waals surface area (Å²) in [7, 11) is 0. The Bertz CT molecular complexity index is 573. The number of nitriles is 1. The molecule has 19 heavy (non-hydrogen) atoms. The molecule has 0 aliphatic heterocycles. The monoisotopic (exact) mass is 271 g/mol. The minimum atomic E-state index is 0.247. The Balaban J connectivity index is 1.97. The van der Waals surface area contributed by atoms with Gasteiger partial charge in [-0.2, -0.15) is 5.26 Å². The summed E-state index contributed by atoms with van der Waals surface area (Å²) in [6.45, 7) is 7.04. The molecule has 0 amide bonds. The molecule has 2 rings (SSSR count). The van der Waals surface area contributed by atoms with Crippen LogP contribution in [-0.4, -0.2) is 4.98 Å². The van der Waals surface area contributed by atoms with Crippen molar-refractivity contribution in [3.63, 3.8) is 0 Å². The standard InChI is InChI=1S/C15H17N3S/c1-10-12(3)19-15(18-10)9-17-11(2)14-6-4-13(8-16)5-7-14/h4-7,11,17H,9H2,1-3H3. The Hall–Kier alpha value is -1.70. The second kappa shape index (κ2) is 5.96. The Morgan fingerprint density at radius 2 is 2.00 bits per heavy atom. The van der Waals surface area contributed by atoms with Gasteiger partial charge in [0, 0.05) is 17.5 Å². The fourth-order valence-corrected chi connectivity index (χ4v) is 2.70. The summed E-state index contributed by atoms with van der Waals surface area (Å²) in [4.78, 5) is 5.80. The predicted molar refractivity (Wildman–Crippen MR) is 78.0 cm³/mol. The van der Waals surface area contributed by atoms with Crippen molar-refractivity contribution < 1.29 is 0 Å². The number of hydrogen-bond acceptors (Lipinski definition) is 4. The lowest BCUT2D eigenvalue weighted by Crippen LogP contribution is -2.17. The maximum atomic E-state index is 8.77. The van der Waals surface area contributed by atoms with Gasteiger partial charge in [0.25, 0.3) is 0 Å². The maximum absolute atomic E-state index is 8.77. The van der Waals surface area contributed by atoms with Gasteiger partial charge in [0.15, 0.2) is 0 Å². The van der Waals surface area contributed by atoms with E-state index in [1.54, 1.807) is 11.3 Å². The molecule has 3 nitrogen and oxygen atoms in total. The Morgan fingerprint density at radius 1 is 1.32 bits per heavy atom. The van der Waals surface area contributed by atoms with Gasteiger partial charge in [-0.25, -0.2) is 4.98 Å². The lowest BCUT2D eigenvalue weighted by molar-refractivity contribution is 0.573. The van der Waals surface area contributed by atoms with Crippen molar-refractivity contribution in [3.8, 4) is 6.07 Å². The van der Waals surface area contributed by atoms with E-state index in [0.717, 1.165) is 17.2 Å². The molecule has 0 saturated carbocycles. The number of nitrogens with zero attached hydrogens (tertiary/aromatic N) is 2. The summed E-state index contributed by atoms with van der Waals surface area (Å²) in [5.41, 5.74) is 3.00. The zero-order valence-corrected chi connectivity index (χ0v) is 12.2. The first kappa shape index (κ1) is 13.7. The highest BCUT2D eigenvalue weighted by Crippen LogP contribution is 2.18. The second-order valence-corrected chi connectivity index (χ2v) is 5.87. The molecule has 0 aliphatic carbocycles. The van der Waals surface area contributed by atoms with E-state index >= 15 is 0 Å². The molecule has 0 bridgehead atoms. The Kier molecular flexibility index (Phi) is 4.31. The number of thiazole rings is 1. The molecule has 0 spiro atoms. The minimum Gasteiger partial charge on any atom is -0.304 e. The normalized spacial score (nSPS) is 12.1. The van der Waals surface area contributed by atoms with Crippen molar-refractivity contribution in [2.24, 2.45) is 0 Å². The van der Waals surface area contributed by atoms with Gasteiger partial charge in [0.2, 0.25) is 0 Å². The molecule has 0 saturated heterocycles. The van der Waals surface area contributed by atoms with Crippen LogP contribution in [0, 0.1) is 25.2 Å². The number of aromatic nitrogens is 1. The summed E-state index contributed by atoms with van der Waals surface area (Å²) < 4.78 is 0. The zero-order chi connectivity index (χ0) is 13.8. The van der Waals surface area contributed by atoms with Crippen LogP contribution in [0.15, 0.2) is 24.3 Å². The number of benzene rings is 1. The molecule has 0 fully saturated rings. The van der Waals surface area contributed by atoms with Crippen LogP contribution < -0.4 is 5.32 Å². The van der Waals surface area contributed by atoms with Gasteiger partial charge >= 0.3 is 0 Å². The van der Waals surface area contributed by atoms with E-state index < -0.39 is 0 Å². The van der Waals surface area contributed by atoms with E-state index in [2.05, 4.69) is 30.2 Å². The van der Waals surface area contributed by atoms with E-state index in [0.29, 0.717) is 5.56 Å². The van der Waals surface area contributed by atoms with Crippen LogP contribution >= 0.6 is 11.3 Å². The smallest absolute Gasteiger partial charge is 0.107 e. The van der Waals surface area contributed by atoms with Crippen molar-refractivity contribution >= 4 is 11.3 Å². The third kappa shape index (κ3) is 3.40. The van der Waals surface area contributed by atoms with Gasteiger partial charge in [0.1, 0.15) is 5.01 Å². The number of aryl methyl sites for hydroxylation is 2. The SMILES string of the molecule is Cc1nc(CNC(C)c2ccc(C#N)cc2)sc1C. The van der Waals surface area contributed by atoms with Crippen LogP contribution in [0.25, 0.3) is 0 Å². The molecule has 0 radical (unpaired) electrons. The first-order valence-corrected chi connectivity index (χ1v) is 7.08. The summed E-state index contributed by atoms with van der Waals surface area (Å²) in [5.74, 6) is 0. The highest BCUT2D eigenvalue weighted by atomic mass is 32.1. The largest absolute Gasteiger partial charge is 0.304 e. The van der Waals surface area contributed by atoms with E-state index in [-0.39, 0.29) is 6.04 Å². The average molecular weight is 271 g/mol. The van der Waals surface area contributed by atoms with Crippen LogP contribution in [0.4, 0.5) is 0 Å². The summed E-state index contributed by atoms with van der Waals surface area (Å²) in [5, 5.41) is 13.4. The Labute approximate surface area is 117 Å². The van der Waals surface area contributed by atoms with Crippen LogP contribution in [-0.2, 0) is 6.54 Å². The molecule has 1 heterocycles. The topological polar surface area (TPSA) is 48.7 Å². The van der Waals surface area contributed by atoms with Crippen molar-refractivity contribution in [2.45, 2.75) is 33.4 Å². The summed E-state index contributed by atoms with van der Waals surface area (Å²) >= 11 is 1.74. The highest BCUT2D eigenvalue weighted by molar-refractivity contribution is 7.11. The van der Waals surface area contributed by atoms with Gasteiger partial charge < -0.3 is 5.32 Å². The zero-order valence-electron chi connectivity index (χ0n) is 11.4. The molecular formula is C15H17N3S. The lowest BCUT2D eigenvalue weighted by Gasteiger charge is -2.13. The molecular weight excluding hydrogens is 254 g/mol. The van der Waals surface area contributed by atoms with Crippen molar-refractivity contribution in [3.05, 3.63) is 51.0 Å². The number of nitrogens with one attached hydrogen (secondary N) is 1. The van der Waals surface area contributed by atoms with Gasteiger partial charge in [-0.05, 0) is 38.5 Å². The van der Waals surface area contributed by atoms with Crippen molar-refractivity contribution in [1.82, 2.24) is 10.3 Å². The second-order valence-electron chi connectivity index (χ2n) is 4.59. The molecule has 1 unspecified atom stereocenters. The van der Waals surface area contributed by atoms with Gasteiger partial charge in [0.05, 0.1) is 17.3 Å². The first-order chi connectivity index (χ1) is 9.10. The lowest BCUT2D eigenvalue weighted by atomic mass is 10.1. The Morgan fingerprint density at radius 3 is 2.53 bits per heavy atom. The predicted octanol–water partition coefficient (Wildman–Crippen LogP) is 3.48. The molecule has 1 aromatic heterocycles. The molecule has 1 aromatic carbocycles. The first-order valence-electron chi connectivity index (χ1n) is 6.26. The quantitative estimate of drug-likeness (QED) is 0.926. The molecule has 2 aromatic rings. The molecule has 98 valence electrons. The van der Waals surface area contributed by atoms with E-state index in [1.165, 1.54) is 10.4 Å². The van der Waals surface area contributed by atoms with Crippen LogP contribution in [0.3, 0.4) is 0 Å². The fraction of sp³-hybridized carbons (Fsp3) is 0.333. The minimum absolute atomic E-state index is 0.247. The average Bonchev–Trinajstić information content (AvgIpc) is 2.75. The maximum Gasteiger partial charge on any atom is 0.107 e.